The van der Waals surface area contributed by atoms with E-state index in [2.05, 4.69) is 13.8 Å². The Morgan fingerprint density at radius 2 is 1.94 bits per heavy atom. The van der Waals surface area contributed by atoms with Crippen LogP contribution in [0, 0.1) is 0 Å². The third-order valence-corrected chi connectivity index (χ3v) is 2.75. The van der Waals surface area contributed by atoms with Gasteiger partial charge in [0, 0.05) is 25.8 Å². The molecule has 0 aliphatic carbocycles. The van der Waals surface area contributed by atoms with Gasteiger partial charge in [-0.05, 0) is 19.8 Å². The summed E-state index contributed by atoms with van der Waals surface area (Å²) in [5.74, 6) is 0.0638. The zero-order valence-electron chi connectivity index (χ0n) is 11.5. The molecule has 0 N–H and O–H groups in total. The van der Waals surface area contributed by atoms with Crippen LogP contribution in [0.1, 0.15) is 33.6 Å². The lowest BCUT2D eigenvalue weighted by Crippen LogP contribution is -2.40. The first-order valence-electron chi connectivity index (χ1n) is 6.30. The largest absolute Gasteiger partial charge is 0.383 e. The van der Waals surface area contributed by atoms with Gasteiger partial charge in [0.25, 0.3) is 0 Å². The molecule has 0 atom stereocenters. The van der Waals surface area contributed by atoms with E-state index in [4.69, 9.17) is 4.74 Å². The Morgan fingerprint density at radius 3 is 2.41 bits per heavy atom. The summed E-state index contributed by atoms with van der Waals surface area (Å²) in [6.07, 6.45) is 9.12. The van der Waals surface area contributed by atoms with Crippen LogP contribution in [0.3, 0.4) is 0 Å². The number of hydrogen-bond donors (Lipinski definition) is 0. The van der Waals surface area contributed by atoms with Crippen molar-refractivity contribution in [3.8, 4) is 0 Å². The fourth-order valence-electron chi connectivity index (χ4n) is 1.74. The SMILES string of the molecule is CC=C/C=C/C(=O)N(CCOC)C(CC)CC. The molecule has 0 bridgehead atoms. The lowest BCUT2D eigenvalue weighted by molar-refractivity contribution is -0.129. The maximum absolute atomic E-state index is 12.0. The Morgan fingerprint density at radius 1 is 1.29 bits per heavy atom. The van der Waals surface area contributed by atoms with E-state index < -0.39 is 0 Å². The second-order valence-electron chi connectivity index (χ2n) is 3.88. The van der Waals surface area contributed by atoms with Crippen LogP contribution in [0.25, 0.3) is 0 Å². The van der Waals surface area contributed by atoms with Crippen LogP contribution in [0.5, 0.6) is 0 Å². The molecule has 0 unspecified atom stereocenters. The lowest BCUT2D eigenvalue weighted by atomic mass is 10.1. The number of carbonyl (C=O) groups is 1. The van der Waals surface area contributed by atoms with Crippen LogP contribution >= 0.6 is 0 Å². The molecular weight excluding hydrogens is 214 g/mol. The molecule has 0 aliphatic rings. The summed E-state index contributed by atoms with van der Waals surface area (Å²) >= 11 is 0. The Bertz CT molecular complexity index is 255. The molecule has 0 fully saturated rings. The van der Waals surface area contributed by atoms with Gasteiger partial charge in [0.15, 0.2) is 0 Å². The number of hydrogen-bond acceptors (Lipinski definition) is 2. The maximum Gasteiger partial charge on any atom is 0.246 e. The number of methoxy groups -OCH3 is 1. The summed E-state index contributed by atoms with van der Waals surface area (Å²) in [6, 6.07) is 0.299. The van der Waals surface area contributed by atoms with Crippen molar-refractivity contribution in [2.45, 2.75) is 39.7 Å². The fourth-order valence-corrected chi connectivity index (χ4v) is 1.74. The van der Waals surface area contributed by atoms with Gasteiger partial charge in [-0.25, -0.2) is 0 Å². The lowest BCUT2D eigenvalue weighted by Gasteiger charge is -2.29. The molecule has 0 spiro atoms. The molecule has 0 aliphatic heterocycles. The minimum atomic E-state index is 0.0638. The molecule has 0 aromatic heterocycles. The average molecular weight is 239 g/mol. The summed E-state index contributed by atoms with van der Waals surface area (Å²) in [6.45, 7) is 7.38. The first-order chi connectivity index (χ1) is 8.21. The molecule has 0 aromatic carbocycles. The van der Waals surface area contributed by atoms with E-state index in [1.54, 1.807) is 19.3 Å². The molecule has 3 heteroatoms. The first kappa shape index (κ1) is 15.9. The third-order valence-electron chi connectivity index (χ3n) is 2.75. The van der Waals surface area contributed by atoms with Crippen LogP contribution in [0.4, 0.5) is 0 Å². The van der Waals surface area contributed by atoms with E-state index in [0.29, 0.717) is 19.2 Å². The highest BCUT2D eigenvalue weighted by Gasteiger charge is 2.18. The first-order valence-corrected chi connectivity index (χ1v) is 6.30. The maximum atomic E-state index is 12.0. The molecule has 3 nitrogen and oxygen atoms in total. The van der Waals surface area contributed by atoms with Crippen LogP contribution in [-0.4, -0.2) is 37.1 Å². The molecular formula is C14H25NO2. The van der Waals surface area contributed by atoms with Gasteiger partial charge in [-0.1, -0.05) is 32.1 Å². The van der Waals surface area contributed by atoms with E-state index >= 15 is 0 Å². The zero-order valence-corrected chi connectivity index (χ0v) is 11.5. The Kier molecular flexibility index (Phi) is 9.44. The summed E-state index contributed by atoms with van der Waals surface area (Å²) in [7, 11) is 1.66. The average Bonchev–Trinajstić information content (AvgIpc) is 2.34. The number of rotatable bonds is 8. The van der Waals surface area contributed by atoms with Crippen molar-refractivity contribution in [2.75, 3.05) is 20.3 Å². The highest BCUT2D eigenvalue weighted by atomic mass is 16.5. The van der Waals surface area contributed by atoms with Crippen LogP contribution in [0.15, 0.2) is 24.3 Å². The number of amides is 1. The van der Waals surface area contributed by atoms with Crippen molar-refractivity contribution in [1.29, 1.82) is 0 Å². The van der Waals surface area contributed by atoms with E-state index in [0.717, 1.165) is 12.8 Å². The number of nitrogens with zero attached hydrogens (tertiary/aromatic N) is 1. The number of allylic oxidation sites excluding steroid dienone is 3. The molecule has 0 radical (unpaired) electrons. The molecule has 17 heavy (non-hydrogen) atoms. The zero-order chi connectivity index (χ0) is 13.1. The normalized spacial score (nSPS) is 11.8. The van der Waals surface area contributed by atoms with Crippen LogP contribution in [-0.2, 0) is 9.53 Å². The van der Waals surface area contributed by atoms with Crippen molar-refractivity contribution < 1.29 is 9.53 Å². The van der Waals surface area contributed by atoms with Crippen molar-refractivity contribution in [3.05, 3.63) is 24.3 Å². The molecule has 0 saturated heterocycles. The second kappa shape index (κ2) is 10.1. The van der Waals surface area contributed by atoms with Crippen molar-refractivity contribution in [1.82, 2.24) is 4.90 Å². The topological polar surface area (TPSA) is 29.5 Å². The summed E-state index contributed by atoms with van der Waals surface area (Å²) in [5.41, 5.74) is 0. The smallest absolute Gasteiger partial charge is 0.246 e. The van der Waals surface area contributed by atoms with E-state index in [1.807, 2.05) is 24.0 Å². The molecule has 0 heterocycles. The van der Waals surface area contributed by atoms with E-state index in [1.165, 1.54) is 0 Å². The molecule has 98 valence electrons. The van der Waals surface area contributed by atoms with Gasteiger partial charge in [-0.2, -0.15) is 0 Å². The Labute approximate surface area is 105 Å². The minimum absolute atomic E-state index is 0.0638. The molecule has 0 rings (SSSR count). The summed E-state index contributed by atoms with van der Waals surface area (Å²) in [4.78, 5) is 13.9. The third kappa shape index (κ3) is 6.27. The molecule has 1 amide bonds. The predicted molar refractivity (Wildman–Crippen MR) is 71.9 cm³/mol. The van der Waals surface area contributed by atoms with Crippen LogP contribution in [0.2, 0.25) is 0 Å². The van der Waals surface area contributed by atoms with Gasteiger partial charge >= 0.3 is 0 Å². The Hall–Kier alpha value is -1.09. The predicted octanol–water partition coefficient (Wildman–Crippen LogP) is 2.78. The highest BCUT2D eigenvalue weighted by molar-refractivity contribution is 5.88. The van der Waals surface area contributed by atoms with Gasteiger partial charge in [0.05, 0.1) is 6.61 Å². The monoisotopic (exact) mass is 239 g/mol. The van der Waals surface area contributed by atoms with Crippen molar-refractivity contribution in [3.63, 3.8) is 0 Å². The molecule has 0 saturated carbocycles. The number of carbonyl (C=O) groups excluding carboxylic acids is 1. The van der Waals surface area contributed by atoms with Gasteiger partial charge in [0.2, 0.25) is 5.91 Å². The van der Waals surface area contributed by atoms with Crippen molar-refractivity contribution in [2.24, 2.45) is 0 Å². The Balaban J connectivity index is 4.59. The van der Waals surface area contributed by atoms with Gasteiger partial charge in [-0.3, -0.25) is 4.79 Å². The summed E-state index contributed by atoms with van der Waals surface area (Å²) in [5, 5.41) is 0. The summed E-state index contributed by atoms with van der Waals surface area (Å²) < 4.78 is 5.06. The van der Waals surface area contributed by atoms with Gasteiger partial charge < -0.3 is 9.64 Å². The quantitative estimate of drug-likeness (QED) is 0.481. The second-order valence-corrected chi connectivity index (χ2v) is 3.88. The highest BCUT2D eigenvalue weighted by Crippen LogP contribution is 2.09. The van der Waals surface area contributed by atoms with E-state index in [9.17, 15) is 4.79 Å². The van der Waals surface area contributed by atoms with E-state index in [-0.39, 0.29) is 5.91 Å². The fraction of sp³-hybridized carbons (Fsp3) is 0.643. The minimum Gasteiger partial charge on any atom is -0.383 e. The van der Waals surface area contributed by atoms with Gasteiger partial charge in [0.1, 0.15) is 0 Å². The van der Waals surface area contributed by atoms with Gasteiger partial charge in [-0.15, -0.1) is 0 Å². The number of ether oxygens (including phenoxy) is 1. The van der Waals surface area contributed by atoms with Crippen LogP contribution < -0.4 is 0 Å². The molecule has 0 aromatic rings. The van der Waals surface area contributed by atoms with Crippen molar-refractivity contribution >= 4 is 5.91 Å². The standard InChI is InChI=1S/C14H25NO2/c1-5-8-9-10-14(16)15(11-12-17-4)13(6-2)7-3/h5,8-10,13H,6-7,11-12H2,1-4H3/b8-5?,10-9+.